The molecule has 6 heteroatoms. The van der Waals surface area contributed by atoms with Gasteiger partial charge in [-0.2, -0.15) is 0 Å². The van der Waals surface area contributed by atoms with E-state index in [9.17, 15) is 0 Å². The quantitative estimate of drug-likeness (QED) is 0.619. The molecule has 0 saturated carbocycles. The molecule has 0 aliphatic heterocycles. The molecule has 0 aliphatic rings. The number of ether oxygens (including phenoxy) is 2. The molecule has 0 fully saturated rings. The first-order valence-corrected chi connectivity index (χ1v) is 6.51. The summed E-state index contributed by atoms with van der Waals surface area (Å²) in [7, 11) is 3.26. The van der Waals surface area contributed by atoms with Crippen LogP contribution in [0.4, 0.5) is 0 Å². The standard InChI is InChI=1S/C11H16N2O2S2/c1-14-9-4-3-8(7-10(9)15-2)5-6-13-11(16)17-12/h3-4,7H,5-6,12H2,1-2H3,(H,13,16)/p+1. The fourth-order valence-corrected chi connectivity index (χ4v) is 1.70. The predicted octanol–water partition coefficient (Wildman–Crippen LogP) is 1.01. The molecule has 0 bridgehead atoms. The summed E-state index contributed by atoms with van der Waals surface area (Å²) in [6.07, 6.45) is 0.876. The van der Waals surface area contributed by atoms with Gasteiger partial charge in [0, 0.05) is 6.54 Å². The van der Waals surface area contributed by atoms with Gasteiger partial charge in [0.25, 0.3) is 0 Å². The van der Waals surface area contributed by atoms with Crippen molar-refractivity contribution in [3.8, 4) is 11.5 Å². The summed E-state index contributed by atoms with van der Waals surface area (Å²) in [4.78, 5) is 0. The molecule has 1 rings (SSSR count). The van der Waals surface area contributed by atoms with Crippen molar-refractivity contribution in [1.82, 2.24) is 5.32 Å². The van der Waals surface area contributed by atoms with Gasteiger partial charge in [0.15, 0.2) is 15.8 Å². The summed E-state index contributed by atoms with van der Waals surface area (Å²) in [6.45, 7) is 0.789. The van der Waals surface area contributed by atoms with E-state index in [1.54, 1.807) is 14.2 Å². The van der Waals surface area contributed by atoms with Gasteiger partial charge in [0.2, 0.25) is 0 Å². The topological polar surface area (TPSA) is 58.1 Å². The van der Waals surface area contributed by atoms with Crippen LogP contribution < -0.4 is 19.9 Å². The molecule has 0 aliphatic carbocycles. The van der Waals surface area contributed by atoms with E-state index in [1.807, 2.05) is 18.2 Å². The van der Waals surface area contributed by atoms with Gasteiger partial charge in [-0.05, 0) is 36.3 Å². The van der Waals surface area contributed by atoms with E-state index in [4.69, 9.17) is 21.7 Å². The van der Waals surface area contributed by atoms with Crippen LogP contribution in [0.3, 0.4) is 0 Å². The van der Waals surface area contributed by atoms with Crippen LogP contribution in [0.2, 0.25) is 0 Å². The highest BCUT2D eigenvalue weighted by Gasteiger charge is 2.04. The van der Waals surface area contributed by atoms with Crippen molar-refractivity contribution in [2.45, 2.75) is 6.42 Å². The SMILES string of the molecule is COc1ccc(CCNC(=S)S[NH3+])cc1OC. The number of hydrogen-bond donors (Lipinski definition) is 2. The Hall–Kier alpha value is -0.980. The third-order valence-corrected chi connectivity index (χ3v) is 3.17. The Morgan fingerprint density at radius 2 is 2.06 bits per heavy atom. The van der Waals surface area contributed by atoms with E-state index >= 15 is 0 Å². The van der Waals surface area contributed by atoms with E-state index in [1.165, 1.54) is 17.5 Å². The van der Waals surface area contributed by atoms with Crippen LogP contribution in [0.1, 0.15) is 5.56 Å². The fourth-order valence-electron chi connectivity index (χ4n) is 1.40. The minimum absolute atomic E-state index is 0.713. The maximum atomic E-state index is 5.24. The van der Waals surface area contributed by atoms with E-state index < -0.39 is 0 Å². The van der Waals surface area contributed by atoms with Crippen molar-refractivity contribution in [2.75, 3.05) is 20.8 Å². The maximum absolute atomic E-state index is 5.24. The minimum Gasteiger partial charge on any atom is -0.493 e. The lowest BCUT2D eigenvalue weighted by Gasteiger charge is -2.09. The fraction of sp³-hybridized carbons (Fsp3) is 0.364. The van der Waals surface area contributed by atoms with Gasteiger partial charge in [-0.15, -0.1) is 0 Å². The first-order chi connectivity index (χ1) is 8.21. The van der Waals surface area contributed by atoms with Crippen LogP contribution in [0, 0.1) is 0 Å². The average Bonchev–Trinajstić information content (AvgIpc) is 2.38. The first-order valence-electron chi connectivity index (χ1n) is 5.12. The summed E-state index contributed by atoms with van der Waals surface area (Å²) in [6, 6.07) is 5.90. The molecule has 0 heterocycles. The number of quaternary nitrogens is 1. The smallest absolute Gasteiger partial charge is 0.192 e. The Morgan fingerprint density at radius 3 is 2.65 bits per heavy atom. The van der Waals surface area contributed by atoms with E-state index in [-0.39, 0.29) is 0 Å². The minimum atomic E-state index is 0.713. The van der Waals surface area contributed by atoms with Crippen molar-refractivity contribution in [3.63, 3.8) is 0 Å². The van der Waals surface area contributed by atoms with Crippen molar-refractivity contribution < 1.29 is 14.6 Å². The monoisotopic (exact) mass is 273 g/mol. The highest BCUT2D eigenvalue weighted by Crippen LogP contribution is 2.27. The molecule has 1 aromatic carbocycles. The first kappa shape index (κ1) is 14.1. The summed E-state index contributed by atoms with van der Waals surface area (Å²) < 4.78 is 11.1. The molecular formula is C11H17N2O2S2+. The van der Waals surface area contributed by atoms with Gasteiger partial charge in [-0.1, -0.05) is 6.07 Å². The number of methoxy groups -OCH3 is 2. The zero-order valence-electron chi connectivity index (χ0n) is 9.99. The van der Waals surface area contributed by atoms with Gasteiger partial charge in [0.1, 0.15) is 11.9 Å². The molecule has 1 aromatic rings. The second-order valence-corrected chi connectivity index (χ2v) is 4.66. The molecule has 0 spiro atoms. The Bertz CT molecular complexity index is 386. The molecule has 94 valence electrons. The van der Waals surface area contributed by atoms with Crippen LogP contribution in [-0.2, 0) is 6.42 Å². The summed E-state index contributed by atoms with van der Waals surface area (Å²) in [5.74, 6) is 1.49. The molecular weight excluding hydrogens is 256 g/mol. The lowest BCUT2D eigenvalue weighted by Crippen LogP contribution is -2.42. The lowest BCUT2D eigenvalue weighted by atomic mass is 10.1. The number of nitrogens with one attached hydrogen (secondary N) is 1. The van der Waals surface area contributed by atoms with Gasteiger partial charge in [-0.3, -0.25) is 5.14 Å². The third kappa shape index (κ3) is 4.41. The number of benzene rings is 1. The number of thiocarbonyl (C=S) groups is 1. The molecule has 4 nitrogen and oxygen atoms in total. The molecule has 0 aromatic heterocycles. The second kappa shape index (κ2) is 7.37. The van der Waals surface area contributed by atoms with Crippen molar-refractivity contribution in [1.29, 1.82) is 0 Å². The Kier molecular flexibility index (Phi) is 6.10. The third-order valence-electron chi connectivity index (χ3n) is 2.26. The number of rotatable bonds is 5. The Morgan fingerprint density at radius 1 is 1.35 bits per heavy atom. The molecule has 0 atom stereocenters. The van der Waals surface area contributed by atoms with Gasteiger partial charge in [0.05, 0.1) is 14.2 Å². The van der Waals surface area contributed by atoms with Gasteiger partial charge in [-0.25, -0.2) is 0 Å². The Balaban J connectivity index is 2.57. The van der Waals surface area contributed by atoms with Crippen molar-refractivity contribution >= 4 is 28.5 Å². The average molecular weight is 273 g/mol. The summed E-state index contributed by atoms with van der Waals surface area (Å²) in [5, 5.41) is 6.74. The van der Waals surface area contributed by atoms with Crippen LogP contribution >= 0.6 is 24.2 Å². The number of hydrogen-bond acceptors (Lipinski definition) is 4. The van der Waals surface area contributed by atoms with E-state index in [0.29, 0.717) is 4.32 Å². The Labute approximate surface area is 111 Å². The van der Waals surface area contributed by atoms with E-state index in [2.05, 4.69) is 10.5 Å². The zero-order chi connectivity index (χ0) is 12.7. The van der Waals surface area contributed by atoms with Crippen molar-refractivity contribution in [3.05, 3.63) is 23.8 Å². The maximum Gasteiger partial charge on any atom is 0.192 e. The molecule has 17 heavy (non-hydrogen) atoms. The van der Waals surface area contributed by atoms with Crippen LogP contribution in [-0.4, -0.2) is 25.1 Å². The molecule has 4 N–H and O–H groups in total. The molecule has 0 radical (unpaired) electrons. The highest BCUT2D eigenvalue weighted by molar-refractivity contribution is 8.18. The van der Waals surface area contributed by atoms with Gasteiger partial charge < -0.3 is 14.8 Å². The molecule has 0 unspecified atom stereocenters. The molecule has 0 amide bonds. The summed E-state index contributed by atoms with van der Waals surface area (Å²) >= 11 is 6.30. The van der Waals surface area contributed by atoms with Crippen molar-refractivity contribution in [2.24, 2.45) is 0 Å². The van der Waals surface area contributed by atoms with Crippen LogP contribution in [0.15, 0.2) is 18.2 Å². The molecule has 0 saturated heterocycles. The second-order valence-electron chi connectivity index (χ2n) is 3.30. The summed E-state index contributed by atoms with van der Waals surface area (Å²) in [5.41, 5.74) is 1.17. The predicted molar refractivity (Wildman–Crippen MR) is 74.3 cm³/mol. The van der Waals surface area contributed by atoms with Crippen LogP contribution in [0.25, 0.3) is 0 Å². The largest absolute Gasteiger partial charge is 0.493 e. The zero-order valence-corrected chi connectivity index (χ0v) is 11.6. The van der Waals surface area contributed by atoms with Gasteiger partial charge >= 0.3 is 0 Å². The van der Waals surface area contributed by atoms with E-state index in [0.717, 1.165) is 24.5 Å². The normalized spacial score (nSPS) is 9.82. The highest BCUT2D eigenvalue weighted by atomic mass is 32.2. The van der Waals surface area contributed by atoms with Crippen LogP contribution in [0.5, 0.6) is 11.5 Å². The lowest BCUT2D eigenvalue weighted by molar-refractivity contribution is -0.133.